The van der Waals surface area contributed by atoms with E-state index in [4.69, 9.17) is 10.1 Å². The predicted octanol–water partition coefficient (Wildman–Crippen LogP) is 6.27. The Morgan fingerprint density at radius 3 is 2.29 bits per heavy atom. The van der Waals surface area contributed by atoms with Crippen LogP contribution in [0.5, 0.6) is 0 Å². The molecule has 7 nitrogen and oxygen atoms in total. The van der Waals surface area contributed by atoms with Crippen molar-refractivity contribution in [1.82, 2.24) is 10.2 Å². The van der Waals surface area contributed by atoms with Gasteiger partial charge in [0.05, 0.1) is 12.5 Å². The maximum Gasteiger partial charge on any atom is 0.305 e. The molecule has 220 valence electrons. The van der Waals surface area contributed by atoms with Crippen LogP contribution >= 0.6 is 0 Å². The number of carbonyl (C=O) groups excluding carboxylic acids is 2. The highest BCUT2D eigenvalue weighted by Crippen LogP contribution is 2.48. The van der Waals surface area contributed by atoms with E-state index in [1.807, 2.05) is 17.0 Å². The van der Waals surface area contributed by atoms with Crippen LogP contribution < -0.4 is 5.32 Å². The molecule has 41 heavy (non-hydrogen) atoms. The number of amides is 2. The number of carbonyl (C=O) groups is 3. The molecule has 2 amide bonds. The Bertz CT molecular complexity index is 1280. The summed E-state index contributed by atoms with van der Waals surface area (Å²) >= 11 is 0. The van der Waals surface area contributed by atoms with Gasteiger partial charge in [-0.05, 0) is 73.8 Å². The molecular weight excluding hydrogens is 528 g/mol. The number of unbranched alkanes of at least 4 members (excludes halogenated alkanes) is 1. The van der Waals surface area contributed by atoms with Crippen LogP contribution in [0.1, 0.15) is 99.7 Å². The first-order chi connectivity index (χ1) is 19.5. The maximum absolute atomic E-state index is 14.2. The quantitative estimate of drug-likeness (QED) is 0.334. The molecule has 1 aliphatic carbocycles. The van der Waals surface area contributed by atoms with E-state index >= 15 is 0 Å². The van der Waals surface area contributed by atoms with Crippen molar-refractivity contribution < 1.29 is 28.3 Å². The minimum absolute atomic E-state index is 0.0258. The van der Waals surface area contributed by atoms with Crippen molar-refractivity contribution in [3.8, 4) is 0 Å². The van der Waals surface area contributed by atoms with E-state index in [2.05, 4.69) is 26.1 Å². The molecule has 1 fully saturated rings. The summed E-state index contributed by atoms with van der Waals surface area (Å²) in [6, 6.07) is 9.77. The summed E-state index contributed by atoms with van der Waals surface area (Å²) < 4.78 is 28.4. The first-order valence-corrected chi connectivity index (χ1v) is 14.5. The number of halogens is 2. The second-order valence-corrected chi connectivity index (χ2v) is 11.5. The molecule has 2 aromatic rings. The lowest BCUT2D eigenvalue weighted by Gasteiger charge is -2.46. The van der Waals surface area contributed by atoms with Crippen molar-refractivity contribution in [2.75, 3.05) is 6.54 Å². The number of benzene rings is 2. The third kappa shape index (κ3) is 6.82. The van der Waals surface area contributed by atoms with Crippen molar-refractivity contribution in [2.24, 2.45) is 16.8 Å². The van der Waals surface area contributed by atoms with Crippen LogP contribution in [0.3, 0.4) is 0 Å². The lowest BCUT2D eigenvalue weighted by atomic mass is 9.76. The third-order valence-electron chi connectivity index (χ3n) is 8.42. The highest BCUT2D eigenvalue weighted by Gasteiger charge is 2.52. The van der Waals surface area contributed by atoms with E-state index < -0.39 is 23.3 Å². The van der Waals surface area contributed by atoms with E-state index in [1.165, 1.54) is 0 Å². The number of rotatable bonds is 11. The summed E-state index contributed by atoms with van der Waals surface area (Å²) in [5, 5.41) is 11.4. The van der Waals surface area contributed by atoms with Gasteiger partial charge in [0.2, 0.25) is 0 Å². The predicted molar refractivity (Wildman–Crippen MR) is 153 cm³/mol. The molecule has 0 aromatic heterocycles. The topological polar surface area (TPSA) is 99.1 Å². The second-order valence-electron chi connectivity index (χ2n) is 11.5. The van der Waals surface area contributed by atoms with Crippen LogP contribution in [-0.2, 0) is 9.59 Å². The standard InChI is InChI=1S/C32H39F2N3O4/c1-4-5-6-27(22-7-9-23(10-8-22)30(40)35-16-13-28(38)39)37-31(41)29(24-17-25(33)19-26(34)18-24)36-32(37)14-11-21(12-15-32)20(2)3/h7-10,17-21,27H,4-6,11-16H2,1-3H3,(H,35,40)(H,38,39)/t21?,27-,32?/m1/s1. The summed E-state index contributed by atoms with van der Waals surface area (Å²) in [5.74, 6) is -2.21. The van der Waals surface area contributed by atoms with Gasteiger partial charge in [-0.25, -0.2) is 8.78 Å². The van der Waals surface area contributed by atoms with Gasteiger partial charge in [-0.15, -0.1) is 0 Å². The highest BCUT2D eigenvalue weighted by atomic mass is 19.1. The SMILES string of the molecule is CCCC[C@H](c1ccc(C(=O)NCCC(=O)O)cc1)N1C(=O)C(c2cc(F)cc(F)c2)=NC12CCC(C(C)C)CC2. The average molecular weight is 568 g/mol. The van der Waals surface area contributed by atoms with Gasteiger partial charge in [-0.3, -0.25) is 19.4 Å². The Morgan fingerprint density at radius 1 is 1.10 bits per heavy atom. The zero-order valence-electron chi connectivity index (χ0n) is 24.0. The summed E-state index contributed by atoms with van der Waals surface area (Å²) in [7, 11) is 0. The zero-order valence-corrected chi connectivity index (χ0v) is 24.0. The van der Waals surface area contributed by atoms with Crippen LogP contribution in [0.15, 0.2) is 47.5 Å². The molecular formula is C32H39F2N3O4. The number of carboxylic acids is 1. The number of hydrogen-bond donors (Lipinski definition) is 2. The van der Waals surface area contributed by atoms with Gasteiger partial charge in [0.1, 0.15) is 23.0 Å². The lowest BCUT2D eigenvalue weighted by Crippen LogP contribution is -2.51. The fraction of sp³-hybridized carbons (Fsp3) is 0.500. The van der Waals surface area contributed by atoms with Gasteiger partial charge < -0.3 is 15.3 Å². The number of nitrogens with one attached hydrogen (secondary N) is 1. The molecule has 1 spiro atoms. The largest absolute Gasteiger partial charge is 0.481 e. The number of hydrogen-bond acceptors (Lipinski definition) is 4. The second kappa shape index (κ2) is 12.9. The van der Waals surface area contributed by atoms with Crippen LogP contribution in [0.4, 0.5) is 8.78 Å². The molecule has 0 radical (unpaired) electrons. The molecule has 0 saturated heterocycles. The molecule has 1 aliphatic heterocycles. The molecule has 1 atom stereocenters. The number of aliphatic carboxylic acids is 1. The van der Waals surface area contributed by atoms with Crippen molar-refractivity contribution >= 4 is 23.5 Å². The fourth-order valence-corrected chi connectivity index (χ4v) is 6.13. The maximum atomic E-state index is 14.2. The number of nitrogens with zero attached hydrogens (tertiary/aromatic N) is 2. The molecule has 9 heteroatoms. The average Bonchev–Trinajstić information content (AvgIpc) is 3.20. The molecule has 1 heterocycles. The van der Waals surface area contributed by atoms with Gasteiger partial charge in [-0.2, -0.15) is 0 Å². The Labute approximate surface area is 240 Å². The first-order valence-electron chi connectivity index (χ1n) is 14.5. The van der Waals surface area contributed by atoms with Crippen molar-refractivity contribution in [3.05, 3.63) is 70.8 Å². The van der Waals surface area contributed by atoms with Gasteiger partial charge >= 0.3 is 5.97 Å². The third-order valence-corrected chi connectivity index (χ3v) is 8.42. The van der Waals surface area contributed by atoms with Gasteiger partial charge in [0.25, 0.3) is 11.8 Å². The van der Waals surface area contributed by atoms with Crippen LogP contribution in [0.25, 0.3) is 0 Å². The first kappa shape index (κ1) is 30.3. The van der Waals surface area contributed by atoms with E-state index in [-0.39, 0.29) is 42.1 Å². The fourth-order valence-electron chi connectivity index (χ4n) is 6.13. The lowest BCUT2D eigenvalue weighted by molar-refractivity contribution is -0.137. The molecule has 2 aliphatic rings. The van der Waals surface area contributed by atoms with Crippen molar-refractivity contribution in [3.63, 3.8) is 0 Å². The highest BCUT2D eigenvalue weighted by molar-refractivity contribution is 6.46. The number of carboxylic acid groups (broad SMARTS) is 1. The summed E-state index contributed by atoms with van der Waals surface area (Å²) in [4.78, 5) is 44.3. The van der Waals surface area contributed by atoms with Gasteiger partial charge in [0, 0.05) is 23.7 Å². The summed E-state index contributed by atoms with van der Waals surface area (Å²) in [6.45, 7) is 6.51. The molecule has 4 rings (SSSR count). The van der Waals surface area contributed by atoms with Crippen molar-refractivity contribution in [1.29, 1.82) is 0 Å². The van der Waals surface area contributed by atoms with Crippen LogP contribution in [0, 0.1) is 23.5 Å². The summed E-state index contributed by atoms with van der Waals surface area (Å²) in [6.07, 6.45) is 5.37. The van der Waals surface area contributed by atoms with Gasteiger partial charge in [-0.1, -0.05) is 45.7 Å². The Balaban J connectivity index is 1.70. The monoisotopic (exact) mass is 567 g/mol. The Morgan fingerprint density at radius 2 is 1.73 bits per heavy atom. The Hall–Kier alpha value is -3.62. The molecule has 0 unspecified atom stereocenters. The molecule has 0 bridgehead atoms. The minimum Gasteiger partial charge on any atom is -0.481 e. The van der Waals surface area contributed by atoms with Crippen LogP contribution in [0.2, 0.25) is 0 Å². The Kier molecular flexibility index (Phi) is 9.56. The molecule has 2 aromatic carbocycles. The van der Waals surface area contributed by atoms with Crippen LogP contribution in [-0.4, -0.2) is 45.7 Å². The van der Waals surface area contributed by atoms with E-state index in [1.54, 1.807) is 12.1 Å². The number of aliphatic imine (C=N–C) groups is 1. The summed E-state index contributed by atoms with van der Waals surface area (Å²) in [5.41, 5.74) is 0.651. The van der Waals surface area contributed by atoms with E-state index in [9.17, 15) is 23.2 Å². The van der Waals surface area contributed by atoms with E-state index in [0.29, 0.717) is 36.7 Å². The van der Waals surface area contributed by atoms with Gasteiger partial charge in [0.15, 0.2) is 0 Å². The normalized spacial score (nSPS) is 21.3. The zero-order chi connectivity index (χ0) is 29.7. The van der Waals surface area contributed by atoms with Crippen molar-refractivity contribution in [2.45, 2.75) is 83.8 Å². The van der Waals surface area contributed by atoms with E-state index in [0.717, 1.165) is 49.4 Å². The minimum atomic E-state index is -0.992. The molecule has 1 saturated carbocycles. The molecule has 2 N–H and O–H groups in total. The smallest absolute Gasteiger partial charge is 0.305 e.